The summed E-state index contributed by atoms with van der Waals surface area (Å²) in [5.74, 6) is -1.98. The molecule has 0 aliphatic carbocycles. The molecule has 26 heavy (non-hydrogen) atoms. The molecule has 3 rings (SSSR count). The zero-order chi connectivity index (χ0) is 18.8. The van der Waals surface area contributed by atoms with Gasteiger partial charge in [-0.2, -0.15) is 0 Å². The van der Waals surface area contributed by atoms with Crippen LogP contribution in [0.1, 0.15) is 36.2 Å². The number of carbonyl (C=O) groups excluding carboxylic acids is 2. The highest BCUT2D eigenvalue weighted by molar-refractivity contribution is 6.03. The van der Waals surface area contributed by atoms with Gasteiger partial charge in [0.05, 0.1) is 5.69 Å². The van der Waals surface area contributed by atoms with Gasteiger partial charge in [0.25, 0.3) is 5.91 Å². The van der Waals surface area contributed by atoms with Crippen molar-refractivity contribution in [3.63, 3.8) is 0 Å². The molecule has 2 amide bonds. The van der Waals surface area contributed by atoms with Gasteiger partial charge >= 0.3 is 0 Å². The molecule has 0 aromatic heterocycles. The summed E-state index contributed by atoms with van der Waals surface area (Å²) in [5.41, 5.74) is 1.20. The van der Waals surface area contributed by atoms with Crippen molar-refractivity contribution < 1.29 is 18.4 Å². The van der Waals surface area contributed by atoms with Gasteiger partial charge in [-0.25, -0.2) is 8.78 Å². The highest BCUT2D eigenvalue weighted by Gasteiger charge is 2.36. The van der Waals surface area contributed by atoms with Crippen molar-refractivity contribution in [2.45, 2.75) is 32.9 Å². The summed E-state index contributed by atoms with van der Waals surface area (Å²) in [6.07, 6.45) is 0.419. The molecule has 1 atom stereocenters. The molecule has 0 fully saturated rings. The van der Waals surface area contributed by atoms with E-state index in [1.807, 2.05) is 26.0 Å². The summed E-state index contributed by atoms with van der Waals surface area (Å²) in [4.78, 5) is 27.0. The van der Waals surface area contributed by atoms with Crippen LogP contribution in [0.4, 0.5) is 14.5 Å². The first kappa shape index (κ1) is 18.0. The quantitative estimate of drug-likeness (QED) is 0.879. The minimum absolute atomic E-state index is 0.139. The predicted molar refractivity (Wildman–Crippen MR) is 94.5 cm³/mol. The third-order valence-corrected chi connectivity index (χ3v) is 4.41. The highest BCUT2D eigenvalue weighted by atomic mass is 19.1. The molecule has 0 unspecified atom stereocenters. The van der Waals surface area contributed by atoms with E-state index in [9.17, 15) is 18.4 Å². The largest absolute Gasteiger partial charge is 0.322 e. The molecule has 1 heterocycles. The Labute approximate surface area is 150 Å². The SMILES string of the molecule is CC(C)C[C@@H](C(=O)Nc1cc(F)ccc1F)N1Cc2ccccc2C1=O. The second-order valence-electron chi connectivity index (χ2n) is 6.85. The number of hydrogen-bond donors (Lipinski definition) is 1. The van der Waals surface area contributed by atoms with E-state index in [1.54, 1.807) is 12.1 Å². The van der Waals surface area contributed by atoms with Gasteiger partial charge in [-0.3, -0.25) is 9.59 Å². The second-order valence-corrected chi connectivity index (χ2v) is 6.85. The average Bonchev–Trinajstić information content (AvgIpc) is 2.93. The van der Waals surface area contributed by atoms with E-state index in [0.717, 1.165) is 23.8 Å². The Morgan fingerprint density at radius 2 is 1.92 bits per heavy atom. The molecule has 2 aromatic carbocycles. The number of benzene rings is 2. The van der Waals surface area contributed by atoms with E-state index >= 15 is 0 Å². The first-order chi connectivity index (χ1) is 12.4. The van der Waals surface area contributed by atoms with E-state index in [2.05, 4.69) is 5.32 Å². The predicted octanol–water partition coefficient (Wildman–Crippen LogP) is 3.97. The van der Waals surface area contributed by atoms with E-state index in [4.69, 9.17) is 0 Å². The Hall–Kier alpha value is -2.76. The van der Waals surface area contributed by atoms with Crippen LogP contribution in [0.2, 0.25) is 0 Å². The average molecular weight is 358 g/mol. The molecule has 0 saturated carbocycles. The van der Waals surface area contributed by atoms with Crippen LogP contribution in [0.5, 0.6) is 0 Å². The fourth-order valence-corrected chi connectivity index (χ4v) is 3.16. The Morgan fingerprint density at radius 3 is 2.62 bits per heavy atom. The van der Waals surface area contributed by atoms with Gasteiger partial charge in [0.2, 0.25) is 5.91 Å². The molecular weight excluding hydrogens is 338 g/mol. The molecule has 2 aromatic rings. The van der Waals surface area contributed by atoms with E-state index in [1.165, 1.54) is 4.90 Å². The number of hydrogen-bond acceptors (Lipinski definition) is 2. The molecule has 0 saturated heterocycles. The molecular formula is C20H20F2N2O2. The minimum Gasteiger partial charge on any atom is -0.322 e. The number of anilines is 1. The normalized spacial score (nSPS) is 14.5. The van der Waals surface area contributed by atoms with Gasteiger partial charge in [0, 0.05) is 18.2 Å². The zero-order valence-corrected chi connectivity index (χ0v) is 14.6. The lowest BCUT2D eigenvalue weighted by molar-refractivity contribution is -0.121. The maximum absolute atomic E-state index is 13.9. The molecule has 136 valence electrons. The summed E-state index contributed by atoms with van der Waals surface area (Å²) >= 11 is 0. The van der Waals surface area contributed by atoms with Crippen LogP contribution in [0.3, 0.4) is 0 Å². The van der Waals surface area contributed by atoms with Crippen molar-refractivity contribution in [1.82, 2.24) is 4.90 Å². The van der Waals surface area contributed by atoms with Crippen LogP contribution in [-0.4, -0.2) is 22.8 Å². The Balaban J connectivity index is 1.86. The number of halogens is 2. The number of fused-ring (bicyclic) bond motifs is 1. The highest BCUT2D eigenvalue weighted by Crippen LogP contribution is 2.27. The number of amides is 2. The maximum atomic E-state index is 13.9. The molecule has 0 bridgehead atoms. The van der Waals surface area contributed by atoms with Crippen LogP contribution in [0.15, 0.2) is 42.5 Å². The van der Waals surface area contributed by atoms with Crippen LogP contribution in [-0.2, 0) is 11.3 Å². The number of nitrogens with one attached hydrogen (secondary N) is 1. The summed E-state index contributed by atoms with van der Waals surface area (Å²) in [7, 11) is 0. The van der Waals surface area contributed by atoms with Crippen molar-refractivity contribution >= 4 is 17.5 Å². The molecule has 0 spiro atoms. The van der Waals surface area contributed by atoms with Gasteiger partial charge < -0.3 is 10.2 Å². The van der Waals surface area contributed by atoms with Crippen molar-refractivity contribution in [3.05, 3.63) is 65.2 Å². The lowest BCUT2D eigenvalue weighted by atomic mass is 10.0. The molecule has 0 radical (unpaired) electrons. The third kappa shape index (κ3) is 3.59. The smallest absolute Gasteiger partial charge is 0.255 e. The monoisotopic (exact) mass is 358 g/mol. The number of carbonyl (C=O) groups is 2. The topological polar surface area (TPSA) is 49.4 Å². The van der Waals surface area contributed by atoms with Crippen molar-refractivity contribution in [2.24, 2.45) is 5.92 Å². The van der Waals surface area contributed by atoms with Crippen LogP contribution in [0, 0.1) is 17.6 Å². The van der Waals surface area contributed by atoms with Gasteiger partial charge in [0.15, 0.2) is 0 Å². The van der Waals surface area contributed by atoms with Crippen molar-refractivity contribution in [2.75, 3.05) is 5.32 Å². The lowest BCUT2D eigenvalue weighted by Crippen LogP contribution is -2.45. The van der Waals surface area contributed by atoms with Gasteiger partial charge in [-0.05, 0) is 36.1 Å². The number of rotatable bonds is 5. The van der Waals surface area contributed by atoms with Crippen LogP contribution < -0.4 is 5.32 Å². The molecule has 1 N–H and O–H groups in total. The van der Waals surface area contributed by atoms with Gasteiger partial charge in [0.1, 0.15) is 17.7 Å². The summed E-state index contributed by atoms with van der Waals surface area (Å²) < 4.78 is 27.2. The zero-order valence-electron chi connectivity index (χ0n) is 14.6. The first-order valence-corrected chi connectivity index (χ1v) is 8.51. The maximum Gasteiger partial charge on any atom is 0.255 e. The van der Waals surface area contributed by atoms with E-state index in [0.29, 0.717) is 18.5 Å². The Morgan fingerprint density at radius 1 is 1.19 bits per heavy atom. The summed E-state index contributed by atoms with van der Waals surface area (Å²) in [6.45, 7) is 4.21. The minimum atomic E-state index is -0.766. The Bertz CT molecular complexity index is 851. The Kier molecular flexibility index (Phi) is 5.02. The van der Waals surface area contributed by atoms with Gasteiger partial charge in [-0.1, -0.05) is 32.0 Å². The van der Waals surface area contributed by atoms with Crippen LogP contribution >= 0.6 is 0 Å². The fourth-order valence-electron chi connectivity index (χ4n) is 3.16. The standard InChI is InChI=1S/C20H20F2N2O2/c1-12(2)9-18(19(25)23-17-10-14(21)7-8-16(17)22)24-11-13-5-3-4-6-15(13)20(24)26/h3-8,10,12,18H,9,11H2,1-2H3,(H,23,25)/t18-/m0/s1. The van der Waals surface area contributed by atoms with E-state index in [-0.39, 0.29) is 17.5 Å². The van der Waals surface area contributed by atoms with Crippen molar-refractivity contribution in [3.8, 4) is 0 Å². The second kappa shape index (κ2) is 7.23. The fraction of sp³-hybridized carbons (Fsp3) is 0.300. The third-order valence-electron chi connectivity index (χ3n) is 4.41. The number of nitrogens with zero attached hydrogens (tertiary/aromatic N) is 1. The van der Waals surface area contributed by atoms with E-state index < -0.39 is 23.6 Å². The van der Waals surface area contributed by atoms with Gasteiger partial charge in [-0.15, -0.1) is 0 Å². The first-order valence-electron chi connectivity index (χ1n) is 8.51. The molecule has 6 heteroatoms. The summed E-state index contributed by atoms with van der Waals surface area (Å²) in [5, 5.41) is 2.43. The van der Waals surface area contributed by atoms with Crippen molar-refractivity contribution in [1.29, 1.82) is 0 Å². The molecule has 1 aliphatic rings. The summed E-state index contributed by atoms with van der Waals surface area (Å²) in [6, 6.07) is 9.31. The van der Waals surface area contributed by atoms with Crippen LogP contribution in [0.25, 0.3) is 0 Å². The molecule has 1 aliphatic heterocycles. The molecule has 4 nitrogen and oxygen atoms in total. The lowest BCUT2D eigenvalue weighted by Gasteiger charge is -2.28.